The second-order valence-electron chi connectivity index (χ2n) is 4.93. The van der Waals surface area contributed by atoms with E-state index in [1.165, 1.54) is 13.8 Å². The molecule has 12 heteroatoms. The Bertz CT molecular complexity index is 763. The van der Waals surface area contributed by atoms with Crippen molar-refractivity contribution < 1.29 is 21.8 Å². The summed E-state index contributed by atoms with van der Waals surface area (Å²) in [4.78, 5) is 9.86. The summed E-state index contributed by atoms with van der Waals surface area (Å²) in [5.74, 6) is 0. The van der Waals surface area contributed by atoms with Crippen LogP contribution < -0.4 is 10.5 Å². The van der Waals surface area contributed by atoms with Crippen LogP contribution in [0.15, 0.2) is 10.3 Å². The Morgan fingerprint density at radius 3 is 2.29 bits per heavy atom. The normalized spacial score (nSPS) is 13.3. The summed E-state index contributed by atoms with van der Waals surface area (Å²) in [7, 11) is -7.55. The lowest BCUT2D eigenvalue weighted by atomic mass is 10.2. The van der Waals surface area contributed by atoms with Crippen molar-refractivity contribution in [3.63, 3.8) is 0 Å². The number of nitrogen functional groups attached to an aromatic ring is 1. The van der Waals surface area contributed by atoms with Crippen molar-refractivity contribution in [3.05, 3.63) is 16.2 Å². The van der Waals surface area contributed by atoms with Gasteiger partial charge in [0.1, 0.15) is 4.21 Å². The highest BCUT2D eigenvalue weighted by Crippen LogP contribution is 2.34. The van der Waals surface area contributed by atoms with Gasteiger partial charge in [0.2, 0.25) is 10.0 Å². The predicted molar refractivity (Wildman–Crippen MR) is 79.5 cm³/mol. The minimum atomic E-state index is -4.07. The van der Waals surface area contributed by atoms with E-state index in [9.17, 15) is 26.9 Å². The SMILES string of the molecule is CC(C)(CNS(=O)(=O)c1cc([N+](=O)[O-])c(N)s1)S(C)(=O)=O. The Labute approximate surface area is 126 Å². The molecule has 0 aliphatic heterocycles. The highest BCUT2D eigenvalue weighted by Gasteiger charge is 2.33. The fraction of sp³-hybridized carbons (Fsp3) is 0.556. The summed E-state index contributed by atoms with van der Waals surface area (Å²) in [6.07, 6.45) is 0.995. The molecule has 1 rings (SSSR count). The summed E-state index contributed by atoms with van der Waals surface area (Å²) in [6.45, 7) is 2.38. The van der Waals surface area contributed by atoms with Gasteiger partial charge in [-0.3, -0.25) is 10.1 Å². The van der Waals surface area contributed by atoms with Gasteiger partial charge in [-0.2, -0.15) is 0 Å². The summed E-state index contributed by atoms with van der Waals surface area (Å²) in [5.41, 5.74) is 4.88. The quantitative estimate of drug-likeness (QED) is 0.550. The Hall–Kier alpha value is -1.24. The van der Waals surface area contributed by atoms with Crippen LogP contribution in [0.4, 0.5) is 10.7 Å². The van der Waals surface area contributed by atoms with Gasteiger partial charge in [-0.25, -0.2) is 21.6 Å². The highest BCUT2D eigenvalue weighted by molar-refractivity contribution is 7.92. The minimum absolute atomic E-state index is 0.234. The molecule has 0 fully saturated rings. The van der Waals surface area contributed by atoms with Crippen molar-refractivity contribution in [2.24, 2.45) is 0 Å². The van der Waals surface area contributed by atoms with E-state index in [-0.39, 0.29) is 15.8 Å². The lowest BCUT2D eigenvalue weighted by Gasteiger charge is -2.22. The smallest absolute Gasteiger partial charge is 0.304 e. The second-order valence-corrected chi connectivity index (χ2v) is 10.7. The number of nitrogens with zero attached hydrogens (tertiary/aromatic N) is 1. The summed E-state index contributed by atoms with van der Waals surface area (Å²) in [6, 6.07) is 0.843. The number of thiophene rings is 1. The van der Waals surface area contributed by atoms with E-state index in [0.717, 1.165) is 12.3 Å². The number of nitrogens with one attached hydrogen (secondary N) is 1. The summed E-state index contributed by atoms with van der Waals surface area (Å²) < 4.78 is 47.5. The average molecular weight is 357 g/mol. The van der Waals surface area contributed by atoms with E-state index in [2.05, 4.69) is 4.72 Å². The first kappa shape index (κ1) is 17.8. The molecule has 0 saturated carbocycles. The molecule has 0 amide bonds. The predicted octanol–water partition coefficient (Wildman–Crippen LogP) is 0.340. The number of rotatable bonds is 6. The standard InChI is InChI=1S/C9H15N3O6S3/c1-9(2,20(3,15)16)5-11-21(17,18)7-4-6(12(13)14)8(10)19-7/h4,11H,5,10H2,1-3H3. The maximum absolute atomic E-state index is 12.0. The number of hydrogen-bond acceptors (Lipinski definition) is 8. The van der Waals surface area contributed by atoms with Crippen LogP contribution in [0.5, 0.6) is 0 Å². The molecular weight excluding hydrogens is 342 g/mol. The van der Waals surface area contributed by atoms with E-state index in [0.29, 0.717) is 11.3 Å². The fourth-order valence-electron chi connectivity index (χ4n) is 1.12. The van der Waals surface area contributed by atoms with E-state index < -0.39 is 35.2 Å². The van der Waals surface area contributed by atoms with E-state index in [1.807, 2.05) is 0 Å². The van der Waals surface area contributed by atoms with Crippen LogP contribution in [0.2, 0.25) is 0 Å². The zero-order valence-electron chi connectivity index (χ0n) is 11.5. The minimum Gasteiger partial charge on any atom is -0.385 e. The van der Waals surface area contributed by atoms with E-state index >= 15 is 0 Å². The molecule has 0 radical (unpaired) electrons. The lowest BCUT2D eigenvalue weighted by molar-refractivity contribution is -0.383. The average Bonchev–Trinajstić information content (AvgIpc) is 2.68. The fourth-order valence-corrected chi connectivity index (χ4v) is 4.01. The second kappa shape index (κ2) is 5.51. The number of sulfonamides is 1. The largest absolute Gasteiger partial charge is 0.385 e. The number of nitro groups is 1. The van der Waals surface area contributed by atoms with Gasteiger partial charge in [0, 0.05) is 18.9 Å². The van der Waals surface area contributed by atoms with Crippen molar-refractivity contribution in [3.8, 4) is 0 Å². The van der Waals surface area contributed by atoms with Crippen molar-refractivity contribution in [1.82, 2.24) is 4.72 Å². The molecule has 1 heterocycles. The molecule has 21 heavy (non-hydrogen) atoms. The molecule has 1 aromatic heterocycles. The Balaban J connectivity index is 3.04. The van der Waals surface area contributed by atoms with Crippen LogP contribution in [0.3, 0.4) is 0 Å². The number of anilines is 1. The van der Waals surface area contributed by atoms with Gasteiger partial charge >= 0.3 is 5.69 Å². The van der Waals surface area contributed by atoms with Crippen LogP contribution in [-0.4, -0.2) is 39.3 Å². The molecule has 1 aromatic rings. The van der Waals surface area contributed by atoms with Crippen LogP contribution in [-0.2, 0) is 19.9 Å². The van der Waals surface area contributed by atoms with E-state index in [1.54, 1.807) is 0 Å². The zero-order chi connectivity index (χ0) is 16.6. The maximum Gasteiger partial charge on any atom is 0.304 e. The molecule has 0 bridgehead atoms. The third-order valence-electron chi connectivity index (χ3n) is 2.87. The molecule has 3 N–H and O–H groups in total. The molecule has 0 aliphatic rings. The molecule has 0 saturated heterocycles. The van der Waals surface area contributed by atoms with Gasteiger partial charge < -0.3 is 5.73 Å². The van der Waals surface area contributed by atoms with Crippen LogP contribution in [0.1, 0.15) is 13.8 Å². The van der Waals surface area contributed by atoms with Gasteiger partial charge in [0.15, 0.2) is 14.8 Å². The third kappa shape index (κ3) is 3.90. The Morgan fingerprint density at radius 1 is 1.38 bits per heavy atom. The molecule has 0 unspecified atom stereocenters. The topological polar surface area (TPSA) is 149 Å². The first-order chi connectivity index (χ1) is 9.28. The number of nitrogens with two attached hydrogens (primary N) is 1. The van der Waals surface area contributed by atoms with Crippen molar-refractivity contribution >= 4 is 41.9 Å². The first-order valence-corrected chi connectivity index (χ1v) is 9.70. The van der Waals surface area contributed by atoms with Crippen LogP contribution in [0, 0.1) is 10.1 Å². The van der Waals surface area contributed by atoms with Gasteiger partial charge in [0.05, 0.1) is 9.67 Å². The van der Waals surface area contributed by atoms with Gasteiger partial charge in [0.25, 0.3) is 0 Å². The third-order valence-corrected chi connectivity index (χ3v) is 7.85. The molecular formula is C9H15N3O6S3. The Kier molecular flexibility index (Phi) is 4.68. The lowest BCUT2D eigenvalue weighted by Crippen LogP contribution is -2.43. The van der Waals surface area contributed by atoms with Crippen molar-refractivity contribution in [1.29, 1.82) is 0 Å². The summed E-state index contributed by atoms with van der Waals surface area (Å²) in [5, 5.41) is 10.4. The molecule has 0 aliphatic carbocycles. The van der Waals surface area contributed by atoms with Gasteiger partial charge in [-0.1, -0.05) is 11.3 Å². The monoisotopic (exact) mass is 357 g/mol. The van der Waals surface area contributed by atoms with Crippen LogP contribution in [0.25, 0.3) is 0 Å². The van der Waals surface area contributed by atoms with Gasteiger partial charge in [-0.15, -0.1) is 0 Å². The van der Waals surface area contributed by atoms with Crippen LogP contribution >= 0.6 is 11.3 Å². The zero-order valence-corrected chi connectivity index (χ0v) is 13.9. The van der Waals surface area contributed by atoms with Gasteiger partial charge in [-0.05, 0) is 13.8 Å². The van der Waals surface area contributed by atoms with Crippen molar-refractivity contribution in [2.75, 3.05) is 18.5 Å². The number of sulfone groups is 1. The molecule has 120 valence electrons. The highest BCUT2D eigenvalue weighted by atomic mass is 32.2. The number of hydrogen-bond donors (Lipinski definition) is 2. The van der Waals surface area contributed by atoms with Crippen molar-refractivity contribution in [2.45, 2.75) is 22.8 Å². The first-order valence-electron chi connectivity index (χ1n) is 5.51. The Morgan fingerprint density at radius 2 is 1.90 bits per heavy atom. The summed E-state index contributed by atoms with van der Waals surface area (Å²) >= 11 is 0.544. The molecule has 0 spiro atoms. The molecule has 0 aromatic carbocycles. The maximum atomic E-state index is 12.0. The van der Waals surface area contributed by atoms with E-state index in [4.69, 9.17) is 5.73 Å². The molecule has 0 atom stereocenters. The molecule has 9 nitrogen and oxygen atoms in total.